The van der Waals surface area contributed by atoms with Crippen molar-refractivity contribution in [2.45, 2.75) is 13.3 Å². The van der Waals surface area contributed by atoms with E-state index in [0.29, 0.717) is 35.6 Å². The standard InChI is InChI=1S/C11H16ClN3O/c1-3-6-16-11-9(13)4-5-10(15-11)14-7-8(2)12/h4-5H,2-3,6-7,13H2,1H3,(H,14,15). The predicted octanol–water partition coefficient (Wildman–Crippen LogP) is 2.62. The average Bonchev–Trinajstić information content (AvgIpc) is 2.26. The van der Waals surface area contributed by atoms with Gasteiger partial charge >= 0.3 is 0 Å². The van der Waals surface area contributed by atoms with Crippen LogP contribution in [0.3, 0.4) is 0 Å². The Morgan fingerprint density at radius 1 is 1.62 bits per heavy atom. The summed E-state index contributed by atoms with van der Waals surface area (Å²) in [4.78, 5) is 4.22. The van der Waals surface area contributed by atoms with Crippen LogP contribution in [0.5, 0.6) is 5.88 Å². The molecule has 0 atom stereocenters. The molecule has 0 bridgehead atoms. The predicted molar refractivity (Wildman–Crippen MR) is 67.9 cm³/mol. The second kappa shape index (κ2) is 6.23. The third-order valence-corrected chi connectivity index (χ3v) is 1.93. The minimum Gasteiger partial charge on any atom is -0.476 e. The minimum absolute atomic E-state index is 0.451. The Balaban J connectivity index is 2.68. The van der Waals surface area contributed by atoms with E-state index in [9.17, 15) is 0 Å². The van der Waals surface area contributed by atoms with Crippen molar-refractivity contribution in [3.63, 3.8) is 0 Å². The number of nitrogens with one attached hydrogen (secondary N) is 1. The first kappa shape index (κ1) is 12.6. The molecule has 3 N–H and O–H groups in total. The fraction of sp³-hybridized carbons (Fsp3) is 0.364. The summed E-state index contributed by atoms with van der Waals surface area (Å²) in [5, 5.41) is 3.53. The number of anilines is 2. The highest BCUT2D eigenvalue weighted by atomic mass is 35.5. The third kappa shape index (κ3) is 3.98. The maximum absolute atomic E-state index is 5.73. The highest BCUT2D eigenvalue weighted by Gasteiger charge is 2.03. The fourth-order valence-corrected chi connectivity index (χ4v) is 1.12. The molecule has 1 heterocycles. The van der Waals surface area contributed by atoms with Gasteiger partial charge in [-0.25, -0.2) is 0 Å². The normalized spacial score (nSPS) is 9.88. The Labute approximate surface area is 100 Å². The largest absolute Gasteiger partial charge is 0.476 e. The molecule has 0 unspecified atom stereocenters. The molecule has 0 aliphatic carbocycles. The van der Waals surface area contributed by atoms with Crippen LogP contribution < -0.4 is 15.8 Å². The van der Waals surface area contributed by atoms with E-state index in [2.05, 4.69) is 16.9 Å². The molecule has 1 aromatic heterocycles. The quantitative estimate of drug-likeness (QED) is 0.804. The first-order chi connectivity index (χ1) is 7.63. The summed E-state index contributed by atoms with van der Waals surface area (Å²) < 4.78 is 5.40. The molecular formula is C11H16ClN3O. The summed E-state index contributed by atoms with van der Waals surface area (Å²) in [7, 11) is 0. The van der Waals surface area contributed by atoms with E-state index in [1.165, 1.54) is 0 Å². The van der Waals surface area contributed by atoms with Gasteiger partial charge in [0.1, 0.15) is 5.82 Å². The van der Waals surface area contributed by atoms with Crippen LogP contribution in [0.15, 0.2) is 23.7 Å². The average molecular weight is 242 g/mol. The molecule has 0 aliphatic rings. The van der Waals surface area contributed by atoms with Crippen LogP contribution in [0.25, 0.3) is 0 Å². The van der Waals surface area contributed by atoms with Gasteiger partial charge in [0.05, 0.1) is 18.8 Å². The lowest BCUT2D eigenvalue weighted by Crippen LogP contribution is -2.06. The van der Waals surface area contributed by atoms with Gasteiger partial charge in [0.2, 0.25) is 5.88 Å². The SMILES string of the molecule is C=C(Cl)CNc1ccc(N)c(OCCC)n1. The first-order valence-electron chi connectivity index (χ1n) is 5.10. The van der Waals surface area contributed by atoms with E-state index >= 15 is 0 Å². The van der Waals surface area contributed by atoms with Crippen molar-refractivity contribution in [1.82, 2.24) is 4.98 Å². The van der Waals surface area contributed by atoms with E-state index in [1.807, 2.05) is 6.92 Å². The molecule has 5 heteroatoms. The molecule has 0 saturated heterocycles. The summed E-state index contributed by atoms with van der Waals surface area (Å²) >= 11 is 5.64. The summed E-state index contributed by atoms with van der Waals surface area (Å²) in [6.45, 7) is 6.67. The van der Waals surface area contributed by atoms with Crippen LogP contribution in [0, 0.1) is 0 Å². The Hall–Kier alpha value is -1.42. The van der Waals surface area contributed by atoms with Crippen LogP contribution in [0.1, 0.15) is 13.3 Å². The number of ether oxygens (including phenoxy) is 1. The monoisotopic (exact) mass is 241 g/mol. The molecule has 4 nitrogen and oxygen atoms in total. The zero-order chi connectivity index (χ0) is 12.0. The number of nitrogen functional groups attached to an aromatic ring is 1. The molecule has 1 aromatic rings. The highest BCUT2D eigenvalue weighted by molar-refractivity contribution is 6.29. The topological polar surface area (TPSA) is 60.2 Å². The molecule has 1 rings (SSSR count). The van der Waals surface area contributed by atoms with Gasteiger partial charge in [-0.1, -0.05) is 25.1 Å². The summed E-state index contributed by atoms with van der Waals surface area (Å²) in [5.74, 6) is 1.12. The lowest BCUT2D eigenvalue weighted by atomic mass is 10.4. The molecule has 0 aromatic carbocycles. The van der Waals surface area contributed by atoms with Crippen molar-refractivity contribution in [3.8, 4) is 5.88 Å². The van der Waals surface area contributed by atoms with E-state index < -0.39 is 0 Å². The lowest BCUT2D eigenvalue weighted by molar-refractivity contribution is 0.307. The second-order valence-electron chi connectivity index (χ2n) is 3.31. The number of rotatable bonds is 6. The van der Waals surface area contributed by atoms with Crippen molar-refractivity contribution in [2.75, 3.05) is 24.2 Å². The van der Waals surface area contributed by atoms with Crippen molar-refractivity contribution in [2.24, 2.45) is 0 Å². The van der Waals surface area contributed by atoms with Crippen molar-refractivity contribution in [3.05, 3.63) is 23.7 Å². The fourth-order valence-electron chi connectivity index (χ4n) is 1.05. The van der Waals surface area contributed by atoms with Crippen molar-refractivity contribution >= 4 is 23.1 Å². The van der Waals surface area contributed by atoms with E-state index in [-0.39, 0.29) is 0 Å². The second-order valence-corrected chi connectivity index (χ2v) is 3.84. The molecule has 16 heavy (non-hydrogen) atoms. The van der Waals surface area contributed by atoms with Crippen molar-refractivity contribution in [1.29, 1.82) is 0 Å². The molecule has 0 saturated carbocycles. The van der Waals surface area contributed by atoms with Gasteiger partial charge in [0.15, 0.2) is 0 Å². The number of nitrogens with two attached hydrogens (primary N) is 1. The van der Waals surface area contributed by atoms with Gasteiger partial charge < -0.3 is 15.8 Å². The van der Waals surface area contributed by atoms with Gasteiger partial charge in [-0.3, -0.25) is 0 Å². The molecule has 0 spiro atoms. The number of nitrogens with zero attached hydrogens (tertiary/aromatic N) is 1. The number of hydrogen-bond donors (Lipinski definition) is 2. The lowest BCUT2D eigenvalue weighted by Gasteiger charge is -2.09. The third-order valence-electron chi connectivity index (χ3n) is 1.79. The van der Waals surface area contributed by atoms with Crippen LogP contribution in [-0.2, 0) is 0 Å². The van der Waals surface area contributed by atoms with Crippen LogP contribution >= 0.6 is 11.6 Å². The Morgan fingerprint density at radius 3 is 3.00 bits per heavy atom. The minimum atomic E-state index is 0.451. The van der Waals surface area contributed by atoms with Gasteiger partial charge in [0, 0.05) is 5.03 Å². The van der Waals surface area contributed by atoms with Gasteiger partial charge in [-0.05, 0) is 18.6 Å². The molecule has 0 fully saturated rings. The Bertz CT molecular complexity index is 368. The van der Waals surface area contributed by atoms with Gasteiger partial charge in [-0.15, -0.1) is 0 Å². The van der Waals surface area contributed by atoms with Crippen LogP contribution in [0.2, 0.25) is 0 Å². The Kier molecular flexibility index (Phi) is 4.92. The number of halogens is 1. The number of aromatic nitrogens is 1. The molecule has 88 valence electrons. The van der Waals surface area contributed by atoms with E-state index in [4.69, 9.17) is 22.1 Å². The maximum Gasteiger partial charge on any atom is 0.239 e. The van der Waals surface area contributed by atoms with Gasteiger partial charge in [0.25, 0.3) is 0 Å². The molecule has 0 radical (unpaired) electrons. The zero-order valence-corrected chi connectivity index (χ0v) is 10.0. The van der Waals surface area contributed by atoms with E-state index in [1.54, 1.807) is 12.1 Å². The Morgan fingerprint density at radius 2 is 2.38 bits per heavy atom. The highest BCUT2D eigenvalue weighted by Crippen LogP contribution is 2.21. The molecule has 0 amide bonds. The van der Waals surface area contributed by atoms with E-state index in [0.717, 1.165) is 6.42 Å². The molecule has 0 aliphatic heterocycles. The summed E-state index contributed by atoms with van der Waals surface area (Å²) in [5.41, 5.74) is 6.26. The van der Waals surface area contributed by atoms with Crippen LogP contribution in [-0.4, -0.2) is 18.1 Å². The summed E-state index contributed by atoms with van der Waals surface area (Å²) in [6.07, 6.45) is 0.914. The number of pyridine rings is 1. The molecular weight excluding hydrogens is 226 g/mol. The zero-order valence-electron chi connectivity index (χ0n) is 9.29. The van der Waals surface area contributed by atoms with Crippen molar-refractivity contribution < 1.29 is 4.74 Å². The smallest absolute Gasteiger partial charge is 0.239 e. The maximum atomic E-state index is 5.73. The first-order valence-corrected chi connectivity index (χ1v) is 5.47. The summed E-state index contributed by atoms with van der Waals surface area (Å²) in [6, 6.07) is 3.52. The van der Waals surface area contributed by atoms with Gasteiger partial charge in [-0.2, -0.15) is 4.98 Å². The van der Waals surface area contributed by atoms with Crippen LogP contribution in [0.4, 0.5) is 11.5 Å². The number of hydrogen-bond acceptors (Lipinski definition) is 4.